The monoisotopic (exact) mass is 404 g/mol. The third-order valence-electron chi connectivity index (χ3n) is 4.18. The SMILES string of the molecule is CCCc1nc(C2(OCC)CCCCCC2)[nH]c(=O)c1I. The average Bonchev–Trinajstić information content (AvgIpc) is 2.71. The second-order valence-corrected chi connectivity index (χ2v) is 6.85. The number of nitrogens with one attached hydrogen (secondary N) is 1. The fourth-order valence-electron chi connectivity index (χ4n) is 3.15. The van der Waals surface area contributed by atoms with Crippen molar-refractivity contribution in [2.75, 3.05) is 6.61 Å². The molecule has 0 aromatic carbocycles. The van der Waals surface area contributed by atoms with Gasteiger partial charge >= 0.3 is 0 Å². The van der Waals surface area contributed by atoms with E-state index in [1.807, 2.05) is 6.92 Å². The quantitative estimate of drug-likeness (QED) is 0.598. The van der Waals surface area contributed by atoms with Crippen LogP contribution in [-0.2, 0) is 16.8 Å². The average molecular weight is 404 g/mol. The number of halogens is 1. The Morgan fingerprint density at radius 2 is 1.90 bits per heavy atom. The Morgan fingerprint density at radius 3 is 2.48 bits per heavy atom. The van der Waals surface area contributed by atoms with Crippen molar-refractivity contribution in [1.82, 2.24) is 9.97 Å². The number of H-pyrrole nitrogens is 1. The van der Waals surface area contributed by atoms with Crippen molar-refractivity contribution in [1.29, 1.82) is 0 Å². The smallest absolute Gasteiger partial charge is 0.264 e. The molecule has 1 fully saturated rings. The molecule has 0 aliphatic heterocycles. The molecule has 4 nitrogen and oxygen atoms in total. The van der Waals surface area contributed by atoms with Crippen molar-refractivity contribution >= 4 is 22.6 Å². The van der Waals surface area contributed by atoms with E-state index < -0.39 is 5.60 Å². The van der Waals surface area contributed by atoms with Crippen LogP contribution in [0.15, 0.2) is 4.79 Å². The highest BCUT2D eigenvalue weighted by Crippen LogP contribution is 2.37. The van der Waals surface area contributed by atoms with Crippen LogP contribution in [0.2, 0.25) is 0 Å². The minimum absolute atomic E-state index is 0.0209. The summed E-state index contributed by atoms with van der Waals surface area (Å²) in [7, 11) is 0. The minimum atomic E-state index is -0.392. The second-order valence-electron chi connectivity index (χ2n) is 5.77. The van der Waals surface area contributed by atoms with Gasteiger partial charge in [-0.25, -0.2) is 4.98 Å². The molecule has 0 atom stereocenters. The molecule has 5 heteroatoms. The van der Waals surface area contributed by atoms with E-state index in [2.05, 4.69) is 34.5 Å². The lowest BCUT2D eigenvalue weighted by Crippen LogP contribution is -2.35. The number of nitrogens with zero attached hydrogens (tertiary/aromatic N) is 1. The normalized spacial score (nSPS) is 18.4. The first-order valence-corrected chi connectivity index (χ1v) is 9.14. The highest BCUT2D eigenvalue weighted by Gasteiger charge is 2.36. The molecule has 118 valence electrons. The predicted molar refractivity (Wildman–Crippen MR) is 92.6 cm³/mol. The highest BCUT2D eigenvalue weighted by molar-refractivity contribution is 14.1. The molecule has 1 N–H and O–H groups in total. The highest BCUT2D eigenvalue weighted by atomic mass is 127. The van der Waals surface area contributed by atoms with Crippen LogP contribution in [0.4, 0.5) is 0 Å². The first-order chi connectivity index (χ1) is 10.1. The molecule has 0 bridgehead atoms. The number of aryl methyl sites for hydroxylation is 1. The number of rotatable bonds is 5. The summed E-state index contributed by atoms with van der Waals surface area (Å²) in [4.78, 5) is 20.0. The Labute approximate surface area is 140 Å². The van der Waals surface area contributed by atoms with Gasteiger partial charge in [0.2, 0.25) is 0 Å². The van der Waals surface area contributed by atoms with E-state index in [4.69, 9.17) is 9.72 Å². The molecule has 1 aliphatic carbocycles. The molecule has 1 aliphatic rings. The maximum Gasteiger partial charge on any atom is 0.264 e. The molecule has 1 heterocycles. The lowest BCUT2D eigenvalue weighted by Gasteiger charge is -2.32. The van der Waals surface area contributed by atoms with Crippen LogP contribution in [0.25, 0.3) is 0 Å². The molecule has 1 aromatic heterocycles. The van der Waals surface area contributed by atoms with E-state index in [0.29, 0.717) is 6.61 Å². The molecular formula is C16H25IN2O2. The summed E-state index contributed by atoms with van der Waals surface area (Å²) in [5, 5.41) is 0. The zero-order valence-corrected chi connectivity index (χ0v) is 15.2. The third-order valence-corrected chi connectivity index (χ3v) is 5.29. The van der Waals surface area contributed by atoms with Gasteiger partial charge in [0.15, 0.2) is 0 Å². The molecule has 0 amide bonds. The fourth-order valence-corrected chi connectivity index (χ4v) is 3.67. The van der Waals surface area contributed by atoms with Crippen molar-refractivity contribution in [2.45, 2.75) is 70.8 Å². The van der Waals surface area contributed by atoms with Gasteiger partial charge in [-0.3, -0.25) is 4.79 Å². The van der Waals surface area contributed by atoms with Gasteiger partial charge in [-0.2, -0.15) is 0 Å². The summed E-state index contributed by atoms with van der Waals surface area (Å²) in [5.41, 5.74) is 0.504. The molecule has 2 rings (SSSR count). The van der Waals surface area contributed by atoms with Gasteiger partial charge in [0.25, 0.3) is 5.56 Å². The van der Waals surface area contributed by atoms with Crippen molar-refractivity contribution in [3.05, 3.63) is 25.4 Å². The standard InChI is InChI=1S/C16H25IN2O2/c1-3-9-12-13(17)14(20)19-15(18-12)16(21-4-2)10-7-5-6-8-11-16/h3-11H2,1-2H3,(H,18,19,20). The topological polar surface area (TPSA) is 55.0 Å². The molecule has 0 spiro atoms. The lowest BCUT2D eigenvalue weighted by molar-refractivity contribution is -0.0627. The van der Waals surface area contributed by atoms with Crippen LogP contribution in [-0.4, -0.2) is 16.6 Å². The van der Waals surface area contributed by atoms with Gasteiger partial charge in [0.1, 0.15) is 11.4 Å². The zero-order chi connectivity index (χ0) is 15.3. The number of aromatic amines is 1. The van der Waals surface area contributed by atoms with Gasteiger partial charge in [-0.15, -0.1) is 0 Å². The van der Waals surface area contributed by atoms with Crippen LogP contribution in [0.1, 0.15) is 70.3 Å². The van der Waals surface area contributed by atoms with E-state index in [1.54, 1.807) is 0 Å². The van der Waals surface area contributed by atoms with Crippen molar-refractivity contribution in [3.8, 4) is 0 Å². The molecule has 0 unspecified atom stereocenters. The van der Waals surface area contributed by atoms with Gasteiger partial charge < -0.3 is 9.72 Å². The first kappa shape index (κ1) is 16.9. The maximum absolute atomic E-state index is 12.3. The molecule has 0 saturated heterocycles. The molecule has 1 aromatic rings. The summed E-state index contributed by atoms with van der Waals surface area (Å²) < 4.78 is 6.85. The molecule has 1 saturated carbocycles. The van der Waals surface area contributed by atoms with E-state index in [-0.39, 0.29) is 5.56 Å². The van der Waals surface area contributed by atoms with E-state index in [0.717, 1.165) is 53.6 Å². The second kappa shape index (κ2) is 7.72. The van der Waals surface area contributed by atoms with Crippen LogP contribution in [0, 0.1) is 3.57 Å². The summed E-state index contributed by atoms with van der Waals surface area (Å²) in [6.45, 7) is 4.78. The lowest BCUT2D eigenvalue weighted by atomic mass is 9.92. The summed E-state index contributed by atoms with van der Waals surface area (Å²) in [6.07, 6.45) is 8.50. The minimum Gasteiger partial charge on any atom is -0.367 e. The molecule has 21 heavy (non-hydrogen) atoms. The largest absolute Gasteiger partial charge is 0.367 e. The van der Waals surface area contributed by atoms with Gasteiger partial charge in [-0.05, 0) is 48.8 Å². The first-order valence-electron chi connectivity index (χ1n) is 8.06. The van der Waals surface area contributed by atoms with E-state index in [9.17, 15) is 4.79 Å². The Kier molecular flexibility index (Phi) is 6.22. The Bertz CT molecular complexity index is 519. The van der Waals surface area contributed by atoms with Gasteiger partial charge in [0, 0.05) is 6.61 Å². The van der Waals surface area contributed by atoms with Crippen molar-refractivity contribution in [2.24, 2.45) is 0 Å². The van der Waals surface area contributed by atoms with E-state index >= 15 is 0 Å². The summed E-state index contributed by atoms with van der Waals surface area (Å²) >= 11 is 2.10. The zero-order valence-electron chi connectivity index (χ0n) is 13.0. The van der Waals surface area contributed by atoms with Crippen LogP contribution >= 0.6 is 22.6 Å². The van der Waals surface area contributed by atoms with Crippen molar-refractivity contribution < 1.29 is 4.74 Å². The van der Waals surface area contributed by atoms with Crippen molar-refractivity contribution in [3.63, 3.8) is 0 Å². The number of hydrogen-bond donors (Lipinski definition) is 1. The molecular weight excluding hydrogens is 379 g/mol. The van der Waals surface area contributed by atoms with Gasteiger partial charge in [0.05, 0.1) is 9.26 Å². The van der Waals surface area contributed by atoms with Crippen LogP contribution in [0.5, 0.6) is 0 Å². The van der Waals surface area contributed by atoms with Crippen LogP contribution in [0.3, 0.4) is 0 Å². The number of ether oxygens (including phenoxy) is 1. The number of aromatic nitrogens is 2. The third kappa shape index (κ3) is 3.86. The predicted octanol–water partition coefficient (Wildman–Crippen LogP) is 3.91. The van der Waals surface area contributed by atoms with Gasteiger partial charge in [-0.1, -0.05) is 39.0 Å². The Balaban J connectivity index is 2.46. The maximum atomic E-state index is 12.3. The Hall–Kier alpha value is -0.430. The van der Waals surface area contributed by atoms with Crippen LogP contribution < -0.4 is 5.56 Å². The fraction of sp³-hybridized carbons (Fsp3) is 0.750. The Morgan fingerprint density at radius 1 is 1.24 bits per heavy atom. The van der Waals surface area contributed by atoms with E-state index in [1.165, 1.54) is 12.8 Å². The number of hydrogen-bond acceptors (Lipinski definition) is 3. The summed E-state index contributed by atoms with van der Waals surface area (Å²) in [5.74, 6) is 0.750. The summed E-state index contributed by atoms with van der Waals surface area (Å²) in [6, 6.07) is 0. The molecule has 0 radical (unpaired) electrons.